The molecule has 0 spiro atoms. The number of rotatable bonds is 5. The summed E-state index contributed by atoms with van der Waals surface area (Å²) in [7, 11) is 0. The summed E-state index contributed by atoms with van der Waals surface area (Å²) in [5, 5.41) is 0. The minimum absolute atomic E-state index is 0.0388. The number of nitrogens with two attached hydrogens (primary N) is 2. The monoisotopic (exact) mass is 322 g/mol. The molecule has 4 rings (SSSR count). The van der Waals surface area contributed by atoms with E-state index in [2.05, 4.69) is 18.7 Å². The number of anilines is 1. The van der Waals surface area contributed by atoms with Crippen LogP contribution in [0.25, 0.3) is 5.57 Å². The number of benzene rings is 2. The minimum atomic E-state index is -0.193. The molecule has 3 atom stereocenters. The molecule has 2 aliphatic carbocycles. The van der Waals surface area contributed by atoms with Gasteiger partial charge in [-0.3, -0.25) is 0 Å². The zero-order valence-electron chi connectivity index (χ0n) is 13.7. The van der Waals surface area contributed by atoms with Crippen LogP contribution in [0.3, 0.4) is 0 Å². The molecule has 3 heteroatoms. The van der Waals surface area contributed by atoms with Gasteiger partial charge in [-0.2, -0.15) is 0 Å². The fraction of sp³-hybridized carbons (Fsp3) is 0.333. The smallest absolute Gasteiger partial charge is 0.130 e. The Labute approximate surface area is 142 Å². The molecule has 0 heterocycles. The lowest BCUT2D eigenvalue weighted by molar-refractivity contribution is 0.622. The van der Waals surface area contributed by atoms with Crippen LogP contribution >= 0.6 is 0 Å². The number of hydrogen-bond donors (Lipinski definition) is 2. The molecule has 0 saturated heterocycles. The van der Waals surface area contributed by atoms with Gasteiger partial charge in [-0.25, -0.2) is 4.39 Å². The van der Waals surface area contributed by atoms with Gasteiger partial charge in [0.2, 0.25) is 0 Å². The zero-order valence-corrected chi connectivity index (χ0v) is 13.7. The van der Waals surface area contributed by atoms with Crippen LogP contribution in [0.4, 0.5) is 10.1 Å². The van der Waals surface area contributed by atoms with Crippen LogP contribution in [0, 0.1) is 17.7 Å². The van der Waals surface area contributed by atoms with Crippen LogP contribution in [0.15, 0.2) is 49.0 Å². The fourth-order valence-electron chi connectivity index (χ4n) is 3.69. The molecular weight excluding hydrogens is 299 g/mol. The predicted octanol–water partition coefficient (Wildman–Crippen LogP) is 4.63. The molecule has 2 nitrogen and oxygen atoms in total. The van der Waals surface area contributed by atoms with Crippen molar-refractivity contribution in [3.63, 3.8) is 0 Å². The topological polar surface area (TPSA) is 52.0 Å². The van der Waals surface area contributed by atoms with Crippen LogP contribution in [-0.2, 0) is 0 Å². The van der Waals surface area contributed by atoms with Crippen molar-refractivity contribution < 1.29 is 4.39 Å². The molecular formula is C21H23FN2. The summed E-state index contributed by atoms with van der Waals surface area (Å²) in [5.41, 5.74) is 17.1. The average Bonchev–Trinajstić information content (AvgIpc) is 3.47. The Morgan fingerprint density at radius 3 is 2.62 bits per heavy atom. The van der Waals surface area contributed by atoms with Crippen molar-refractivity contribution in [1.29, 1.82) is 0 Å². The molecule has 0 aliphatic heterocycles. The maximum Gasteiger partial charge on any atom is 0.130 e. The summed E-state index contributed by atoms with van der Waals surface area (Å²) >= 11 is 0. The number of allylic oxidation sites excluding steroid dienone is 1. The Morgan fingerprint density at radius 1 is 1.17 bits per heavy atom. The molecule has 3 unspecified atom stereocenters. The number of halogens is 1. The van der Waals surface area contributed by atoms with E-state index in [-0.39, 0.29) is 11.9 Å². The van der Waals surface area contributed by atoms with Crippen molar-refractivity contribution in [3.05, 3.63) is 71.6 Å². The van der Waals surface area contributed by atoms with Gasteiger partial charge in [-0.05, 0) is 65.8 Å². The van der Waals surface area contributed by atoms with Crippen molar-refractivity contribution in [1.82, 2.24) is 0 Å². The lowest BCUT2D eigenvalue weighted by Gasteiger charge is -2.15. The maximum atomic E-state index is 14.0. The van der Waals surface area contributed by atoms with E-state index in [1.165, 1.54) is 24.5 Å². The molecule has 0 radical (unpaired) electrons. The SMILES string of the molecule is C=C(c1ccccc1F)C1CC1c1ccc(N)c(C(N)C2CC2)c1. The second-order valence-corrected chi connectivity index (χ2v) is 7.21. The van der Waals surface area contributed by atoms with E-state index in [0.717, 1.165) is 23.2 Å². The van der Waals surface area contributed by atoms with E-state index in [1.807, 2.05) is 18.2 Å². The van der Waals surface area contributed by atoms with E-state index in [0.29, 0.717) is 23.3 Å². The standard InChI is InChI=1S/C21H23FN2/c1-12(15-4-2-3-5-19(15)22)16-11-17(16)14-8-9-20(23)18(10-14)21(24)13-6-7-13/h2-5,8-10,13,16-17,21H,1,6-7,11,23-24H2. The zero-order chi connectivity index (χ0) is 16.8. The Balaban J connectivity index is 1.55. The third-order valence-electron chi connectivity index (χ3n) is 5.49. The summed E-state index contributed by atoms with van der Waals surface area (Å²) in [6, 6.07) is 13.1. The molecule has 0 aromatic heterocycles. The number of nitrogen functional groups attached to an aromatic ring is 1. The largest absolute Gasteiger partial charge is 0.398 e. The highest BCUT2D eigenvalue weighted by atomic mass is 19.1. The molecule has 2 aliphatic rings. The third kappa shape index (κ3) is 2.73. The lowest BCUT2D eigenvalue weighted by Crippen LogP contribution is -2.14. The third-order valence-corrected chi connectivity index (χ3v) is 5.49. The Bertz CT molecular complexity index is 794. The van der Waals surface area contributed by atoms with E-state index >= 15 is 0 Å². The van der Waals surface area contributed by atoms with Gasteiger partial charge in [0.15, 0.2) is 0 Å². The van der Waals surface area contributed by atoms with Gasteiger partial charge in [0, 0.05) is 17.3 Å². The summed E-state index contributed by atoms with van der Waals surface area (Å²) < 4.78 is 14.0. The van der Waals surface area contributed by atoms with Gasteiger partial charge in [-0.1, -0.05) is 36.9 Å². The summed E-state index contributed by atoms with van der Waals surface area (Å²) in [4.78, 5) is 0. The first kappa shape index (κ1) is 15.4. The normalized spacial score (nSPS) is 23.8. The van der Waals surface area contributed by atoms with Gasteiger partial charge in [0.1, 0.15) is 5.82 Å². The molecule has 2 saturated carbocycles. The van der Waals surface area contributed by atoms with E-state index in [9.17, 15) is 4.39 Å². The van der Waals surface area contributed by atoms with E-state index < -0.39 is 0 Å². The highest BCUT2D eigenvalue weighted by Gasteiger charge is 2.41. The first-order valence-electron chi connectivity index (χ1n) is 8.65. The molecule has 0 bridgehead atoms. The summed E-state index contributed by atoms with van der Waals surface area (Å²) in [6.07, 6.45) is 3.40. The molecule has 124 valence electrons. The highest BCUT2D eigenvalue weighted by molar-refractivity contribution is 5.70. The molecule has 2 fully saturated rings. The van der Waals surface area contributed by atoms with Crippen molar-refractivity contribution in [2.24, 2.45) is 17.6 Å². The maximum absolute atomic E-state index is 14.0. The Kier molecular flexibility index (Phi) is 3.69. The van der Waals surface area contributed by atoms with Crippen LogP contribution in [0.5, 0.6) is 0 Å². The van der Waals surface area contributed by atoms with Gasteiger partial charge in [0.05, 0.1) is 0 Å². The second kappa shape index (κ2) is 5.75. The molecule has 24 heavy (non-hydrogen) atoms. The van der Waals surface area contributed by atoms with E-state index in [4.69, 9.17) is 11.5 Å². The first-order valence-corrected chi connectivity index (χ1v) is 8.65. The van der Waals surface area contributed by atoms with Crippen LogP contribution < -0.4 is 11.5 Å². The predicted molar refractivity (Wildman–Crippen MR) is 96.8 cm³/mol. The second-order valence-electron chi connectivity index (χ2n) is 7.21. The van der Waals surface area contributed by atoms with Crippen LogP contribution in [-0.4, -0.2) is 0 Å². The van der Waals surface area contributed by atoms with Crippen LogP contribution in [0.1, 0.15) is 47.9 Å². The minimum Gasteiger partial charge on any atom is -0.398 e. The molecule has 0 amide bonds. The van der Waals surface area contributed by atoms with Crippen molar-refractivity contribution in [3.8, 4) is 0 Å². The highest BCUT2D eigenvalue weighted by Crippen LogP contribution is 2.55. The molecule has 2 aromatic rings. The summed E-state index contributed by atoms with van der Waals surface area (Å²) in [6.45, 7) is 4.15. The molecule has 2 aromatic carbocycles. The molecule has 4 N–H and O–H groups in total. The van der Waals surface area contributed by atoms with Crippen molar-refractivity contribution >= 4 is 11.3 Å². The average molecular weight is 322 g/mol. The first-order chi connectivity index (χ1) is 11.6. The van der Waals surface area contributed by atoms with Crippen molar-refractivity contribution in [2.45, 2.75) is 31.2 Å². The van der Waals surface area contributed by atoms with Gasteiger partial charge < -0.3 is 11.5 Å². The summed E-state index contributed by atoms with van der Waals surface area (Å²) in [5.74, 6) is 1.08. The fourth-order valence-corrected chi connectivity index (χ4v) is 3.69. The van der Waals surface area contributed by atoms with Gasteiger partial charge in [-0.15, -0.1) is 0 Å². The lowest BCUT2D eigenvalue weighted by atomic mass is 9.95. The van der Waals surface area contributed by atoms with Crippen molar-refractivity contribution in [2.75, 3.05) is 5.73 Å². The Morgan fingerprint density at radius 2 is 1.92 bits per heavy atom. The quantitative estimate of drug-likeness (QED) is 0.788. The van der Waals surface area contributed by atoms with Gasteiger partial charge in [0.25, 0.3) is 0 Å². The van der Waals surface area contributed by atoms with Crippen LogP contribution in [0.2, 0.25) is 0 Å². The Hall–Kier alpha value is -2.13. The number of hydrogen-bond acceptors (Lipinski definition) is 2. The van der Waals surface area contributed by atoms with E-state index in [1.54, 1.807) is 6.07 Å². The van der Waals surface area contributed by atoms with Gasteiger partial charge >= 0.3 is 0 Å².